The van der Waals surface area contributed by atoms with Crippen molar-refractivity contribution < 1.29 is 0 Å². The van der Waals surface area contributed by atoms with Gasteiger partial charge in [0.25, 0.3) is 0 Å². The molecule has 13 heavy (non-hydrogen) atoms. The van der Waals surface area contributed by atoms with E-state index >= 15 is 0 Å². The lowest BCUT2D eigenvalue weighted by Crippen LogP contribution is -2.21. The van der Waals surface area contributed by atoms with Crippen LogP contribution >= 0.6 is 0 Å². The minimum Gasteiger partial charge on any atom is -0.397 e. The monoisotopic (exact) mass is 172 g/mol. The maximum absolute atomic E-state index is 5.88. The van der Waals surface area contributed by atoms with Gasteiger partial charge in [-0.1, -0.05) is 18.1 Å². The molecule has 2 nitrogen and oxygen atoms in total. The molecule has 0 saturated carbocycles. The summed E-state index contributed by atoms with van der Waals surface area (Å²) in [6.45, 7) is 1.65. The first-order chi connectivity index (χ1) is 6.33. The van der Waals surface area contributed by atoms with Gasteiger partial charge < -0.3 is 10.6 Å². The number of terminal acetylenes is 1. The Balaban J connectivity index is 2.41. The SMILES string of the molecule is C#CCN1CCc2cccc(N)c21. The van der Waals surface area contributed by atoms with Crippen molar-refractivity contribution in [1.29, 1.82) is 0 Å². The highest BCUT2D eigenvalue weighted by atomic mass is 15.1. The normalized spacial score (nSPS) is 13.9. The van der Waals surface area contributed by atoms with Crippen molar-refractivity contribution in [2.75, 3.05) is 23.7 Å². The van der Waals surface area contributed by atoms with Gasteiger partial charge in [0.15, 0.2) is 0 Å². The van der Waals surface area contributed by atoms with Crippen LogP contribution in [0.15, 0.2) is 18.2 Å². The lowest BCUT2D eigenvalue weighted by Gasteiger charge is -2.17. The van der Waals surface area contributed by atoms with Crippen molar-refractivity contribution in [3.8, 4) is 12.3 Å². The van der Waals surface area contributed by atoms with Gasteiger partial charge in [0.1, 0.15) is 0 Å². The van der Waals surface area contributed by atoms with Gasteiger partial charge in [-0.2, -0.15) is 0 Å². The fourth-order valence-corrected chi connectivity index (χ4v) is 1.83. The van der Waals surface area contributed by atoms with Crippen molar-refractivity contribution in [3.63, 3.8) is 0 Å². The molecule has 2 rings (SSSR count). The highest BCUT2D eigenvalue weighted by molar-refractivity contribution is 5.74. The highest BCUT2D eigenvalue weighted by Gasteiger charge is 2.19. The number of nitrogens with zero attached hydrogens (tertiary/aromatic N) is 1. The molecule has 1 aliphatic rings. The van der Waals surface area contributed by atoms with Gasteiger partial charge in [-0.15, -0.1) is 6.42 Å². The average Bonchev–Trinajstić information content (AvgIpc) is 2.51. The number of hydrogen-bond donors (Lipinski definition) is 1. The molecule has 0 spiro atoms. The van der Waals surface area contributed by atoms with Gasteiger partial charge in [-0.05, 0) is 18.1 Å². The second-order valence-electron chi connectivity index (χ2n) is 3.23. The highest BCUT2D eigenvalue weighted by Crippen LogP contribution is 2.32. The number of para-hydroxylation sites is 1. The van der Waals surface area contributed by atoms with Gasteiger partial charge in [0, 0.05) is 6.54 Å². The van der Waals surface area contributed by atoms with Crippen LogP contribution in [0.4, 0.5) is 11.4 Å². The molecule has 1 aromatic rings. The molecule has 0 amide bonds. The van der Waals surface area contributed by atoms with Crippen LogP contribution in [-0.2, 0) is 6.42 Å². The van der Waals surface area contributed by atoms with Crippen molar-refractivity contribution in [2.45, 2.75) is 6.42 Å². The Morgan fingerprint density at radius 3 is 3.15 bits per heavy atom. The second kappa shape index (κ2) is 3.02. The first-order valence-corrected chi connectivity index (χ1v) is 4.38. The summed E-state index contributed by atoms with van der Waals surface area (Å²) in [6.07, 6.45) is 6.34. The zero-order chi connectivity index (χ0) is 9.26. The summed E-state index contributed by atoms with van der Waals surface area (Å²) in [5.74, 6) is 2.65. The molecule has 0 atom stereocenters. The lowest BCUT2D eigenvalue weighted by atomic mass is 10.1. The Bertz CT molecular complexity index is 363. The molecular weight excluding hydrogens is 160 g/mol. The summed E-state index contributed by atoms with van der Waals surface area (Å²) in [5.41, 5.74) is 9.17. The van der Waals surface area contributed by atoms with Crippen LogP contribution in [0.1, 0.15) is 5.56 Å². The smallest absolute Gasteiger partial charge is 0.0792 e. The number of nitrogens with two attached hydrogens (primary N) is 1. The van der Waals surface area contributed by atoms with Gasteiger partial charge in [-0.3, -0.25) is 0 Å². The maximum atomic E-state index is 5.88. The van der Waals surface area contributed by atoms with E-state index in [2.05, 4.69) is 16.9 Å². The first-order valence-electron chi connectivity index (χ1n) is 4.38. The third-order valence-corrected chi connectivity index (χ3v) is 2.40. The van der Waals surface area contributed by atoms with E-state index in [1.807, 2.05) is 12.1 Å². The fourth-order valence-electron chi connectivity index (χ4n) is 1.83. The van der Waals surface area contributed by atoms with Gasteiger partial charge in [0.2, 0.25) is 0 Å². The summed E-state index contributed by atoms with van der Waals surface area (Å²) in [7, 11) is 0. The van der Waals surface area contributed by atoms with Crippen LogP contribution in [0, 0.1) is 12.3 Å². The number of fused-ring (bicyclic) bond motifs is 1. The van der Waals surface area contributed by atoms with Crippen LogP contribution in [0.5, 0.6) is 0 Å². The number of rotatable bonds is 1. The van der Waals surface area contributed by atoms with Crippen LogP contribution in [0.3, 0.4) is 0 Å². The molecule has 2 heteroatoms. The average molecular weight is 172 g/mol. The minimum absolute atomic E-state index is 0.654. The Morgan fingerprint density at radius 2 is 2.38 bits per heavy atom. The van der Waals surface area contributed by atoms with E-state index in [0.29, 0.717) is 6.54 Å². The van der Waals surface area contributed by atoms with E-state index in [-0.39, 0.29) is 0 Å². The van der Waals surface area contributed by atoms with E-state index in [9.17, 15) is 0 Å². The van der Waals surface area contributed by atoms with Crippen LogP contribution in [0.2, 0.25) is 0 Å². The summed E-state index contributed by atoms with van der Waals surface area (Å²) in [4.78, 5) is 2.16. The largest absolute Gasteiger partial charge is 0.397 e. The third kappa shape index (κ3) is 1.23. The number of hydrogen-bond acceptors (Lipinski definition) is 2. The Kier molecular flexibility index (Phi) is 1.86. The lowest BCUT2D eigenvalue weighted by molar-refractivity contribution is 0.915. The predicted molar refractivity (Wildman–Crippen MR) is 55.6 cm³/mol. The topological polar surface area (TPSA) is 29.3 Å². The molecule has 0 bridgehead atoms. The van der Waals surface area contributed by atoms with Crippen molar-refractivity contribution in [3.05, 3.63) is 23.8 Å². The molecule has 0 aliphatic carbocycles. The molecule has 1 aliphatic heterocycles. The molecule has 1 aromatic carbocycles. The maximum Gasteiger partial charge on any atom is 0.0792 e. The Morgan fingerprint density at radius 1 is 1.54 bits per heavy atom. The molecule has 0 unspecified atom stereocenters. The molecular formula is C11H12N2. The quantitative estimate of drug-likeness (QED) is 0.510. The molecule has 2 N–H and O–H groups in total. The van der Waals surface area contributed by atoms with Crippen LogP contribution in [-0.4, -0.2) is 13.1 Å². The third-order valence-electron chi connectivity index (χ3n) is 2.40. The van der Waals surface area contributed by atoms with E-state index in [0.717, 1.165) is 24.3 Å². The predicted octanol–water partition coefficient (Wildman–Crippen LogP) is 1.26. The Hall–Kier alpha value is -1.62. The summed E-state index contributed by atoms with van der Waals surface area (Å²) >= 11 is 0. The minimum atomic E-state index is 0.654. The van der Waals surface area contributed by atoms with Gasteiger partial charge >= 0.3 is 0 Å². The summed E-state index contributed by atoms with van der Waals surface area (Å²) < 4.78 is 0. The zero-order valence-electron chi connectivity index (χ0n) is 7.46. The fraction of sp³-hybridized carbons (Fsp3) is 0.273. The summed E-state index contributed by atoms with van der Waals surface area (Å²) in [5, 5.41) is 0. The molecule has 0 radical (unpaired) electrons. The van der Waals surface area contributed by atoms with E-state index in [1.165, 1.54) is 5.56 Å². The molecule has 1 heterocycles. The van der Waals surface area contributed by atoms with Crippen molar-refractivity contribution >= 4 is 11.4 Å². The zero-order valence-corrected chi connectivity index (χ0v) is 7.46. The van der Waals surface area contributed by atoms with Gasteiger partial charge in [0.05, 0.1) is 17.9 Å². The molecule has 0 aromatic heterocycles. The van der Waals surface area contributed by atoms with E-state index in [4.69, 9.17) is 12.2 Å². The summed E-state index contributed by atoms with van der Waals surface area (Å²) in [6, 6.07) is 6.03. The van der Waals surface area contributed by atoms with E-state index < -0.39 is 0 Å². The number of benzene rings is 1. The standard InChI is InChI=1S/C11H12N2/c1-2-7-13-8-6-9-4-3-5-10(12)11(9)13/h1,3-5H,6-8,12H2. The second-order valence-corrected chi connectivity index (χ2v) is 3.23. The number of nitrogen functional groups attached to an aromatic ring is 1. The van der Waals surface area contributed by atoms with Gasteiger partial charge in [-0.25, -0.2) is 0 Å². The van der Waals surface area contributed by atoms with E-state index in [1.54, 1.807) is 0 Å². The van der Waals surface area contributed by atoms with Crippen LogP contribution < -0.4 is 10.6 Å². The van der Waals surface area contributed by atoms with Crippen molar-refractivity contribution in [1.82, 2.24) is 0 Å². The Labute approximate surface area is 78.3 Å². The van der Waals surface area contributed by atoms with Crippen LogP contribution in [0.25, 0.3) is 0 Å². The molecule has 66 valence electrons. The first kappa shape index (κ1) is 8.00. The molecule has 0 saturated heterocycles. The molecule has 0 fully saturated rings. The van der Waals surface area contributed by atoms with Crippen molar-refractivity contribution in [2.24, 2.45) is 0 Å². The number of anilines is 2.